The summed E-state index contributed by atoms with van der Waals surface area (Å²) in [4.78, 5) is 4.44. The van der Waals surface area contributed by atoms with Crippen LogP contribution in [0.1, 0.15) is 11.1 Å². The van der Waals surface area contributed by atoms with Gasteiger partial charge in [-0.15, -0.1) is 0 Å². The van der Waals surface area contributed by atoms with Crippen LogP contribution in [0.4, 0.5) is 0 Å². The Hall–Kier alpha value is -3.73. The van der Waals surface area contributed by atoms with E-state index in [2.05, 4.69) is 9.71 Å². The Morgan fingerprint density at radius 2 is 1.57 bits per heavy atom. The first-order valence-electron chi connectivity index (χ1n) is 9.15. The van der Waals surface area contributed by atoms with Crippen LogP contribution in [0.2, 0.25) is 0 Å². The van der Waals surface area contributed by atoms with Crippen molar-refractivity contribution in [3.05, 3.63) is 96.2 Å². The third-order valence-corrected chi connectivity index (χ3v) is 5.96. The van der Waals surface area contributed by atoms with Gasteiger partial charge in [0.1, 0.15) is 11.5 Å². The van der Waals surface area contributed by atoms with E-state index in [1.807, 2.05) is 30.3 Å². The van der Waals surface area contributed by atoms with Gasteiger partial charge >= 0.3 is 0 Å². The van der Waals surface area contributed by atoms with Gasteiger partial charge < -0.3 is 4.74 Å². The van der Waals surface area contributed by atoms with Gasteiger partial charge in [-0.2, -0.15) is 5.26 Å². The van der Waals surface area contributed by atoms with Crippen molar-refractivity contribution >= 4 is 20.9 Å². The highest BCUT2D eigenvalue weighted by Crippen LogP contribution is 2.23. The molecule has 1 heterocycles. The van der Waals surface area contributed by atoms with Gasteiger partial charge in [-0.05, 0) is 66.2 Å². The number of pyridine rings is 1. The summed E-state index contributed by atoms with van der Waals surface area (Å²) in [6.45, 7) is 0.162. The maximum atomic E-state index is 12.7. The lowest BCUT2D eigenvalue weighted by Crippen LogP contribution is -2.23. The van der Waals surface area contributed by atoms with E-state index >= 15 is 0 Å². The van der Waals surface area contributed by atoms with E-state index in [0.29, 0.717) is 17.1 Å². The van der Waals surface area contributed by atoms with Gasteiger partial charge in [-0.3, -0.25) is 4.98 Å². The van der Waals surface area contributed by atoms with Gasteiger partial charge in [0.15, 0.2) is 0 Å². The fourth-order valence-electron chi connectivity index (χ4n) is 2.99. The predicted octanol–water partition coefficient (Wildman–Crippen LogP) is 4.38. The Bertz CT molecular complexity index is 1320. The number of rotatable bonds is 6. The molecule has 7 heteroatoms. The molecule has 0 saturated heterocycles. The first-order chi connectivity index (χ1) is 14.5. The third-order valence-electron chi connectivity index (χ3n) is 4.55. The molecule has 0 amide bonds. The van der Waals surface area contributed by atoms with Crippen LogP contribution in [-0.2, 0) is 16.6 Å². The molecule has 0 bridgehead atoms. The number of ether oxygens (including phenoxy) is 1. The average Bonchev–Trinajstić information content (AvgIpc) is 2.78. The summed E-state index contributed by atoms with van der Waals surface area (Å²) in [5.74, 6) is 1.06. The fourth-order valence-corrected chi connectivity index (χ4v) is 3.99. The minimum Gasteiger partial charge on any atom is -0.457 e. The smallest absolute Gasteiger partial charge is 0.240 e. The summed E-state index contributed by atoms with van der Waals surface area (Å²) in [5.41, 5.74) is 2.21. The molecule has 0 saturated carbocycles. The lowest BCUT2D eigenvalue weighted by Gasteiger charge is -2.10. The molecule has 30 heavy (non-hydrogen) atoms. The molecule has 148 valence electrons. The zero-order chi connectivity index (χ0) is 21.0. The molecule has 0 aliphatic heterocycles. The molecule has 1 N–H and O–H groups in total. The molecule has 0 fully saturated rings. The van der Waals surface area contributed by atoms with E-state index in [1.54, 1.807) is 48.7 Å². The van der Waals surface area contributed by atoms with Gasteiger partial charge in [-0.25, -0.2) is 13.1 Å². The van der Waals surface area contributed by atoms with Crippen molar-refractivity contribution in [1.82, 2.24) is 9.71 Å². The molecule has 4 aromatic rings. The second-order valence-electron chi connectivity index (χ2n) is 6.52. The van der Waals surface area contributed by atoms with Crippen molar-refractivity contribution < 1.29 is 13.2 Å². The van der Waals surface area contributed by atoms with Crippen LogP contribution in [0.15, 0.2) is 90.0 Å². The Kier molecular flexibility index (Phi) is 5.44. The van der Waals surface area contributed by atoms with Gasteiger partial charge in [0.2, 0.25) is 10.0 Å². The summed E-state index contributed by atoms with van der Waals surface area (Å²) >= 11 is 0. The third kappa shape index (κ3) is 4.30. The summed E-state index contributed by atoms with van der Waals surface area (Å²) in [6.07, 6.45) is 1.67. The molecule has 0 aliphatic carbocycles. The molecule has 0 radical (unpaired) electrons. The normalized spacial score (nSPS) is 11.2. The van der Waals surface area contributed by atoms with Crippen molar-refractivity contribution in [3.8, 4) is 17.6 Å². The van der Waals surface area contributed by atoms with Crippen LogP contribution in [-0.4, -0.2) is 13.4 Å². The number of nitrogens with one attached hydrogen (secondary N) is 1. The Labute approximate surface area is 174 Å². The average molecular weight is 415 g/mol. The molecular formula is C23H17N3O3S. The van der Waals surface area contributed by atoms with Crippen LogP contribution >= 0.6 is 0 Å². The first-order valence-corrected chi connectivity index (χ1v) is 10.6. The first kappa shape index (κ1) is 19.6. The van der Waals surface area contributed by atoms with Crippen LogP contribution < -0.4 is 9.46 Å². The highest BCUT2D eigenvalue weighted by molar-refractivity contribution is 7.89. The minimum absolute atomic E-state index is 0.146. The monoisotopic (exact) mass is 415 g/mol. The molecular weight excluding hydrogens is 398 g/mol. The van der Waals surface area contributed by atoms with Crippen LogP contribution in [0.3, 0.4) is 0 Å². The number of fused-ring (bicyclic) bond motifs is 1. The Morgan fingerprint density at radius 3 is 2.27 bits per heavy atom. The largest absolute Gasteiger partial charge is 0.457 e. The van der Waals surface area contributed by atoms with E-state index in [-0.39, 0.29) is 11.4 Å². The topological polar surface area (TPSA) is 92.1 Å². The number of sulfonamides is 1. The Balaban J connectivity index is 1.46. The van der Waals surface area contributed by atoms with Crippen molar-refractivity contribution in [2.45, 2.75) is 11.4 Å². The van der Waals surface area contributed by atoms with Crippen LogP contribution in [0.25, 0.3) is 10.9 Å². The van der Waals surface area contributed by atoms with E-state index in [9.17, 15) is 8.42 Å². The number of aromatic nitrogens is 1. The molecule has 0 spiro atoms. The number of benzene rings is 3. The maximum Gasteiger partial charge on any atom is 0.240 e. The van der Waals surface area contributed by atoms with Crippen molar-refractivity contribution in [2.75, 3.05) is 0 Å². The quantitative estimate of drug-likeness (QED) is 0.505. The molecule has 0 aliphatic rings. The zero-order valence-electron chi connectivity index (χ0n) is 15.8. The lowest BCUT2D eigenvalue weighted by molar-refractivity contribution is 0.482. The standard InChI is InChI=1S/C23H17N3O3S/c24-15-17-5-7-19(8-6-17)29-20-9-11-21(12-10-20)30(27,28)26-16-18-13-14-25-23-4-2-1-3-22(18)23/h1-14,26H,16H2. The van der Waals surface area contributed by atoms with E-state index in [1.165, 1.54) is 12.1 Å². The van der Waals surface area contributed by atoms with Gasteiger partial charge in [0, 0.05) is 18.1 Å². The SMILES string of the molecule is N#Cc1ccc(Oc2ccc(S(=O)(=O)NCc3ccnc4ccccc34)cc2)cc1. The zero-order valence-corrected chi connectivity index (χ0v) is 16.6. The van der Waals surface area contributed by atoms with E-state index < -0.39 is 10.0 Å². The summed E-state index contributed by atoms with van der Waals surface area (Å²) < 4.78 is 33.7. The van der Waals surface area contributed by atoms with Gasteiger partial charge in [0.05, 0.1) is 22.0 Å². The maximum absolute atomic E-state index is 12.7. The van der Waals surface area contributed by atoms with Crippen LogP contribution in [0.5, 0.6) is 11.5 Å². The number of hydrogen-bond acceptors (Lipinski definition) is 5. The number of hydrogen-bond donors (Lipinski definition) is 1. The molecule has 0 atom stereocenters. The Morgan fingerprint density at radius 1 is 0.900 bits per heavy atom. The van der Waals surface area contributed by atoms with Crippen LogP contribution in [0, 0.1) is 11.3 Å². The lowest BCUT2D eigenvalue weighted by atomic mass is 10.1. The van der Waals surface area contributed by atoms with E-state index in [0.717, 1.165) is 16.5 Å². The summed E-state index contributed by atoms with van der Waals surface area (Å²) in [6, 6.07) is 24.3. The summed E-state index contributed by atoms with van der Waals surface area (Å²) in [7, 11) is -3.69. The molecule has 1 aromatic heterocycles. The molecule has 4 rings (SSSR count). The number of nitrogens with zero attached hydrogens (tertiary/aromatic N) is 2. The van der Waals surface area contributed by atoms with Gasteiger partial charge in [-0.1, -0.05) is 18.2 Å². The van der Waals surface area contributed by atoms with Crippen molar-refractivity contribution in [3.63, 3.8) is 0 Å². The van der Waals surface area contributed by atoms with Crippen molar-refractivity contribution in [2.24, 2.45) is 0 Å². The number of para-hydroxylation sites is 1. The predicted molar refractivity (Wildman–Crippen MR) is 113 cm³/mol. The second kappa shape index (κ2) is 8.33. The van der Waals surface area contributed by atoms with Crippen molar-refractivity contribution in [1.29, 1.82) is 5.26 Å². The van der Waals surface area contributed by atoms with E-state index in [4.69, 9.17) is 10.00 Å². The fraction of sp³-hybridized carbons (Fsp3) is 0.0435. The molecule has 3 aromatic carbocycles. The van der Waals surface area contributed by atoms with Gasteiger partial charge in [0.25, 0.3) is 0 Å². The highest BCUT2D eigenvalue weighted by atomic mass is 32.2. The molecule has 0 unspecified atom stereocenters. The molecule has 6 nitrogen and oxygen atoms in total. The highest BCUT2D eigenvalue weighted by Gasteiger charge is 2.14. The second-order valence-corrected chi connectivity index (χ2v) is 8.29. The number of nitriles is 1. The summed E-state index contributed by atoms with van der Waals surface area (Å²) in [5, 5.41) is 9.75. The minimum atomic E-state index is -3.69.